The van der Waals surface area contributed by atoms with Gasteiger partial charge >= 0.3 is 5.97 Å². The van der Waals surface area contributed by atoms with Gasteiger partial charge < -0.3 is 15.3 Å². The summed E-state index contributed by atoms with van der Waals surface area (Å²) in [5.41, 5.74) is -0.718. The van der Waals surface area contributed by atoms with Crippen LogP contribution in [0.25, 0.3) is 0 Å². The maximum absolute atomic E-state index is 11.6. The monoisotopic (exact) mass is 284 g/mol. The summed E-state index contributed by atoms with van der Waals surface area (Å²) in [6.45, 7) is 8.81. The van der Waals surface area contributed by atoms with E-state index in [1.165, 1.54) is 12.8 Å². The molecule has 0 aromatic heterocycles. The Morgan fingerprint density at radius 2 is 2.05 bits per heavy atom. The Morgan fingerprint density at radius 1 is 1.40 bits per heavy atom. The highest BCUT2D eigenvalue weighted by molar-refractivity contribution is 5.79. The SMILES string of the molecule is CCC(CC)CN(CC)C1CCCC(NC)(C(=O)O)C1. The first-order chi connectivity index (χ1) is 9.52. The number of nitrogens with one attached hydrogen (secondary N) is 1. The second kappa shape index (κ2) is 7.99. The Bertz CT molecular complexity index is 305. The zero-order valence-electron chi connectivity index (χ0n) is 13.6. The van der Waals surface area contributed by atoms with E-state index in [9.17, 15) is 9.90 Å². The van der Waals surface area contributed by atoms with Crippen molar-refractivity contribution in [2.45, 2.75) is 70.9 Å². The summed E-state index contributed by atoms with van der Waals surface area (Å²) < 4.78 is 0. The quantitative estimate of drug-likeness (QED) is 0.719. The van der Waals surface area contributed by atoms with Crippen molar-refractivity contribution in [1.29, 1.82) is 0 Å². The van der Waals surface area contributed by atoms with E-state index in [0.717, 1.165) is 44.7 Å². The first-order valence-electron chi connectivity index (χ1n) is 8.19. The van der Waals surface area contributed by atoms with Crippen LogP contribution in [0.2, 0.25) is 0 Å². The fraction of sp³-hybridized carbons (Fsp3) is 0.938. The number of aliphatic carboxylic acids is 1. The lowest BCUT2D eigenvalue weighted by molar-refractivity contribution is -0.147. The summed E-state index contributed by atoms with van der Waals surface area (Å²) in [5, 5.41) is 12.6. The number of rotatable bonds is 8. The van der Waals surface area contributed by atoms with Crippen molar-refractivity contribution in [2.75, 3.05) is 20.1 Å². The van der Waals surface area contributed by atoms with E-state index in [4.69, 9.17) is 0 Å². The third-order valence-corrected chi connectivity index (χ3v) is 5.18. The molecule has 1 rings (SSSR count). The molecule has 0 amide bonds. The third kappa shape index (κ3) is 3.95. The number of carbonyl (C=O) groups is 1. The van der Waals surface area contributed by atoms with Crippen LogP contribution in [0.1, 0.15) is 59.3 Å². The molecular formula is C16H32N2O2. The van der Waals surface area contributed by atoms with Crippen LogP contribution < -0.4 is 5.32 Å². The van der Waals surface area contributed by atoms with Crippen molar-refractivity contribution in [2.24, 2.45) is 5.92 Å². The molecule has 1 fully saturated rings. The molecule has 0 bridgehead atoms. The van der Waals surface area contributed by atoms with Crippen LogP contribution >= 0.6 is 0 Å². The lowest BCUT2D eigenvalue weighted by Crippen LogP contribution is -2.57. The minimum atomic E-state index is -0.718. The number of nitrogens with zero attached hydrogens (tertiary/aromatic N) is 1. The number of likely N-dealkylation sites (N-methyl/N-ethyl adjacent to an activating group) is 1. The maximum atomic E-state index is 11.6. The van der Waals surface area contributed by atoms with Crippen molar-refractivity contribution >= 4 is 5.97 Å². The standard InChI is InChI=1S/C16H32N2O2/c1-5-13(6-2)12-18(7-3)14-9-8-10-16(11-14,17-4)15(19)20/h13-14,17H,5-12H2,1-4H3,(H,19,20). The predicted molar refractivity (Wildman–Crippen MR) is 83.0 cm³/mol. The van der Waals surface area contributed by atoms with Crippen molar-refractivity contribution in [3.8, 4) is 0 Å². The molecule has 0 aromatic carbocycles. The molecule has 0 radical (unpaired) electrons. The first-order valence-corrected chi connectivity index (χ1v) is 8.19. The largest absolute Gasteiger partial charge is 0.480 e. The smallest absolute Gasteiger partial charge is 0.323 e. The van der Waals surface area contributed by atoms with Crippen molar-refractivity contribution in [3.05, 3.63) is 0 Å². The van der Waals surface area contributed by atoms with Crippen molar-refractivity contribution in [1.82, 2.24) is 10.2 Å². The Kier molecular flexibility index (Phi) is 6.96. The highest BCUT2D eigenvalue weighted by Crippen LogP contribution is 2.32. The van der Waals surface area contributed by atoms with Gasteiger partial charge in [0.2, 0.25) is 0 Å². The van der Waals surface area contributed by atoms with Crippen molar-refractivity contribution < 1.29 is 9.90 Å². The minimum absolute atomic E-state index is 0.401. The fourth-order valence-electron chi connectivity index (χ4n) is 3.50. The third-order valence-electron chi connectivity index (χ3n) is 5.18. The average Bonchev–Trinajstić information content (AvgIpc) is 2.48. The normalized spacial score (nSPS) is 27.2. The van der Waals surface area contributed by atoms with Gasteiger partial charge in [-0.15, -0.1) is 0 Å². The Balaban J connectivity index is 2.75. The molecule has 118 valence electrons. The van der Waals surface area contributed by atoms with Crippen LogP contribution in [0.15, 0.2) is 0 Å². The van der Waals surface area contributed by atoms with E-state index in [1.54, 1.807) is 7.05 Å². The Labute approximate surface area is 123 Å². The molecule has 2 N–H and O–H groups in total. The number of carboxylic acids is 1. The Morgan fingerprint density at radius 3 is 2.50 bits per heavy atom. The van der Waals surface area contributed by atoms with Crippen LogP contribution in [0.3, 0.4) is 0 Å². The Hall–Kier alpha value is -0.610. The maximum Gasteiger partial charge on any atom is 0.323 e. The molecular weight excluding hydrogens is 252 g/mol. The van der Waals surface area contributed by atoms with Gasteiger partial charge in [-0.1, -0.05) is 33.6 Å². The van der Waals surface area contributed by atoms with E-state index in [0.29, 0.717) is 6.04 Å². The lowest BCUT2D eigenvalue weighted by Gasteiger charge is -2.43. The van der Waals surface area contributed by atoms with Gasteiger partial charge in [0, 0.05) is 12.6 Å². The molecule has 0 heterocycles. The summed E-state index contributed by atoms with van der Waals surface area (Å²) in [6, 6.07) is 0.401. The highest BCUT2D eigenvalue weighted by atomic mass is 16.4. The van der Waals surface area contributed by atoms with Gasteiger partial charge in [0.15, 0.2) is 0 Å². The van der Waals surface area contributed by atoms with Gasteiger partial charge in [-0.25, -0.2) is 0 Å². The summed E-state index contributed by atoms with van der Waals surface area (Å²) in [7, 11) is 1.79. The second-order valence-corrected chi connectivity index (χ2v) is 6.16. The summed E-state index contributed by atoms with van der Waals surface area (Å²) in [5.74, 6) is 0.0361. The predicted octanol–water partition coefficient (Wildman–Crippen LogP) is 2.73. The van der Waals surface area contributed by atoms with Crippen LogP contribution in [-0.2, 0) is 4.79 Å². The van der Waals surface area contributed by atoms with Gasteiger partial charge in [-0.3, -0.25) is 4.79 Å². The zero-order valence-corrected chi connectivity index (χ0v) is 13.6. The zero-order chi connectivity index (χ0) is 15.2. The van der Waals surface area contributed by atoms with Gasteiger partial charge in [-0.2, -0.15) is 0 Å². The number of carboxylic acid groups (broad SMARTS) is 1. The van der Waals surface area contributed by atoms with Gasteiger partial charge in [0.1, 0.15) is 5.54 Å². The molecule has 1 aliphatic carbocycles. The lowest BCUT2D eigenvalue weighted by atomic mass is 9.78. The molecule has 2 atom stereocenters. The molecule has 1 saturated carbocycles. The van der Waals surface area contributed by atoms with E-state index < -0.39 is 11.5 Å². The van der Waals surface area contributed by atoms with Gasteiger partial charge in [0.25, 0.3) is 0 Å². The van der Waals surface area contributed by atoms with Gasteiger partial charge in [0.05, 0.1) is 0 Å². The molecule has 1 aliphatic rings. The van der Waals surface area contributed by atoms with E-state index >= 15 is 0 Å². The fourth-order valence-corrected chi connectivity index (χ4v) is 3.50. The molecule has 20 heavy (non-hydrogen) atoms. The molecule has 4 nitrogen and oxygen atoms in total. The van der Waals surface area contributed by atoms with E-state index in [2.05, 4.69) is 31.0 Å². The van der Waals surface area contributed by atoms with Crippen LogP contribution in [0.4, 0.5) is 0 Å². The van der Waals surface area contributed by atoms with Crippen molar-refractivity contribution in [3.63, 3.8) is 0 Å². The molecule has 4 heteroatoms. The molecule has 2 unspecified atom stereocenters. The number of hydrogen-bond donors (Lipinski definition) is 2. The molecule has 0 aliphatic heterocycles. The second-order valence-electron chi connectivity index (χ2n) is 6.16. The van der Waals surface area contributed by atoms with Crippen LogP contribution in [-0.4, -0.2) is 47.7 Å². The number of hydrogen-bond acceptors (Lipinski definition) is 3. The van der Waals surface area contributed by atoms with Crippen LogP contribution in [0, 0.1) is 5.92 Å². The molecule has 0 aromatic rings. The van der Waals surface area contributed by atoms with E-state index in [-0.39, 0.29) is 0 Å². The summed E-state index contributed by atoms with van der Waals surface area (Å²) in [6.07, 6.45) is 6.01. The summed E-state index contributed by atoms with van der Waals surface area (Å²) >= 11 is 0. The highest BCUT2D eigenvalue weighted by Gasteiger charge is 2.43. The van der Waals surface area contributed by atoms with E-state index in [1.807, 2.05) is 0 Å². The summed E-state index contributed by atoms with van der Waals surface area (Å²) in [4.78, 5) is 14.1. The average molecular weight is 284 g/mol. The minimum Gasteiger partial charge on any atom is -0.480 e. The van der Waals surface area contributed by atoms with Gasteiger partial charge in [-0.05, 0) is 45.2 Å². The van der Waals surface area contributed by atoms with Crippen LogP contribution in [0.5, 0.6) is 0 Å². The first kappa shape index (κ1) is 17.4. The molecule has 0 spiro atoms. The topological polar surface area (TPSA) is 52.6 Å². The molecule has 0 saturated heterocycles.